The summed E-state index contributed by atoms with van der Waals surface area (Å²) in [6.45, 7) is 3.95. The first-order chi connectivity index (χ1) is 11.0. The minimum Gasteiger partial charge on any atom is -0.368 e. The number of aromatic nitrogens is 3. The van der Waals surface area contributed by atoms with Crippen molar-refractivity contribution in [1.82, 2.24) is 15.2 Å². The summed E-state index contributed by atoms with van der Waals surface area (Å²) in [6, 6.07) is 8.74. The molecular formula is C15H16N6O2. The fourth-order valence-corrected chi connectivity index (χ4v) is 2.22. The summed E-state index contributed by atoms with van der Waals surface area (Å²) in [5, 5.41) is 25.1. The molecule has 118 valence electrons. The quantitative estimate of drug-likeness (QED) is 0.492. The van der Waals surface area contributed by atoms with E-state index in [2.05, 4.69) is 25.8 Å². The summed E-state index contributed by atoms with van der Waals surface area (Å²) < 4.78 is 0. The van der Waals surface area contributed by atoms with Crippen LogP contribution in [0, 0.1) is 10.1 Å². The van der Waals surface area contributed by atoms with E-state index in [4.69, 9.17) is 0 Å². The molecule has 3 rings (SSSR count). The predicted octanol–water partition coefficient (Wildman–Crippen LogP) is 3.43. The summed E-state index contributed by atoms with van der Waals surface area (Å²) in [4.78, 5) is 15.1. The third kappa shape index (κ3) is 3.20. The van der Waals surface area contributed by atoms with Crippen molar-refractivity contribution < 1.29 is 4.92 Å². The highest BCUT2D eigenvalue weighted by atomic mass is 16.6. The number of hydrogen-bond donors (Lipinski definition) is 3. The van der Waals surface area contributed by atoms with Crippen molar-refractivity contribution in [2.45, 2.75) is 19.9 Å². The van der Waals surface area contributed by atoms with Crippen LogP contribution in [-0.2, 0) is 0 Å². The van der Waals surface area contributed by atoms with Gasteiger partial charge >= 0.3 is 5.69 Å². The van der Waals surface area contributed by atoms with Gasteiger partial charge in [0.25, 0.3) is 0 Å². The Kier molecular flexibility index (Phi) is 3.80. The van der Waals surface area contributed by atoms with Gasteiger partial charge in [-0.05, 0) is 38.1 Å². The molecule has 0 bridgehead atoms. The summed E-state index contributed by atoms with van der Waals surface area (Å²) in [7, 11) is 0. The number of benzene rings is 1. The third-order valence-electron chi connectivity index (χ3n) is 3.21. The van der Waals surface area contributed by atoms with E-state index >= 15 is 0 Å². The van der Waals surface area contributed by atoms with Crippen molar-refractivity contribution in [3.63, 3.8) is 0 Å². The van der Waals surface area contributed by atoms with E-state index in [1.54, 1.807) is 12.3 Å². The number of anilines is 3. The molecule has 0 saturated heterocycles. The van der Waals surface area contributed by atoms with Gasteiger partial charge in [-0.3, -0.25) is 15.2 Å². The summed E-state index contributed by atoms with van der Waals surface area (Å²) in [5.74, 6) is 0.779. The van der Waals surface area contributed by atoms with Gasteiger partial charge in [0.05, 0.1) is 16.6 Å². The Labute approximate surface area is 132 Å². The van der Waals surface area contributed by atoms with Crippen molar-refractivity contribution >= 4 is 33.9 Å². The van der Waals surface area contributed by atoms with Crippen molar-refractivity contribution in [3.8, 4) is 0 Å². The van der Waals surface area contributed by atoms with Gasteiger partial charge in [0.1, 0.15) is 5.82 Å². The molecule has 23 heavy (non-hydrogen) atoms. The summed E-state index contributed by atoms with van der Waals surface area (Å²) in [5.41, 5.74) is 1.52. The number of aromatic amines is 1. The normalized spacial score (nSPS) is 10.9. The molecule has 2 aromatic heterocycles. The summed E-state index contributed by atoms with van der Waals surface area (Å²) >= 11 is 0. The van der Waals surface area contributed by atoms with Crippen molar-refractivity contribution in [1.29, 1.82) is 0 Å². The number of nitrogens with zero attached hydrogens (tertiary/aromatic N) is 3. The van der Waals surface area contributed by atoms with Crippen LogP contribution in [0.3, 0.4) is 0 Å². The molecule has 3 N–H and O–H groups in total. The molecular weight excluding hydrogens is 296 g/mol. The van der Waals surface area contributed by atoms with Crippen LogP contribution in [0.4, 0.5) is 23.0 Å². The van der Waals surface area contributed by atoms with Crippen LogP contribution in [0.25, 0.3) is 10.9 Å². The lowest BCUT2D eigenvalue weighted by Gasteiger charge is -2.11. The molecule has 0 radical (unpaired) electrons. The first-order valence-corrected chi connectivity index (χ1v) is 7.15. The molecule has 2 heterocycles. The lowest BCUT2D eigenvalue weighted by molar-refractivity contribution is -0.384. The zero-order chi connectivity index (χ0) is 16.4. The second-order valence-corrected chi connectivity index (χ2v) is 5.42. The Morgan fingerprint density at radius 1 is 1.26 bits per heavy atom. The van der Waals surface area contributed by atoms with E-state index in [0.717, 1.165) is 10.9 Å². The molecule has 1 aromatic carbocycles. The molecule has 0 spiro atoms. The highest BCUT2D eigenvalue weighted by Gasteiger charge is 2.16. The molecule has 0 saturated carbocycles. The molecule has 0 aliphatic heterocycles. The molecule has 0 aliphatic carbocycles. The number of pyridine rings is 1. The van der Waals surface area contributed by atoms with Gasteiger partial charge in [-0.15, -0.1) is 0 Å². The largest absolute Gasteiger partial charge is 0.368 e. The maximum absolute atomic E-state index is 11.2. The second kappa shape index (κ2) is 5.91. The Balaban J connectivity index is 1.96. The molecule has 8 heteroatoms. The first kappa shape index (κ1) is 14.8. The first-order valence-electron chi connectivity index (χ1n) is 7.15. The second-order valence-electron chi connectivity index (χ2n) is 5.42. The molecule has 3 aromatic rings. The monoisotopic (exact) mass is 312 g/mol. The Hall–Kier alpha value is -3.16. The highest BCUT2D eigenvalue weighted by molar-refractivity contribution is 5.83. The van der Waals surface area contributed by atoms with E-state index < -0.39 is 4.92 Å². The van der Waals surface area contributed by atoms with Crippen molar-refractivity contribution in [3.05, 3.63) is 46.6 Å². The lowest BCUT2D eigenvalue weighted by Crippen LogP contribution is -2.12. The molecule has 8 nitrogen and oxygen atoms in total. The van der Waals surface area contributed by atoms with Crippen LogP contribution >= 0.6 is 0 Å². The fraction of sp³-hybridized carbons (Fsp3) is 0.200. The van der Waals surface area contributed by atoms with Crippen LogP contribution in [0.1, 0.15) is 13.8 Å². The standard InChI is InChI=1S/C15H16N6O2/c1-9(2)17-14-6-5-13(21(22)23)15(19-14)18-11-3-4-12-10(7-11)8-16-20-12/h3-9H,1-2H3,(H,16,20)(H2,17,18,19). The number of nitrogens with one attached hydrogen (secondary N) is 3. The van der Waals surface area contributed by atoms with Gasteiger partial charge in [0.2, 0.25) is 5.82 Å². The van der Waals surface area contributed by atoms with Crippen LogP contribution in [0.5, 0.6) is 0 Å². The van der Waals surface area contributed by atoms with Gasteiger partial charge in [0.15, 0.2) is 0 Å². The average Bonchev–Trinajstić information content (AvgIpc) is 2.94. The van der Waals surface area contributed by atoms with Crippen LogP contribution in [0.2, 0.25) is 0 Å². The van der Waals surface area contributed by atoms with Gasteiger partial charge in [-0.25, -0.2) is 4.98 Å². The minimum atomic E-state index is -0.454. The predicted molar refractivity (Wildman–Crippen MR) is 89.0 cm³/mol. The SMILES string of the molecule is CC(C)Nc1ccc([N+](=O)[O-])c(Nc2ccc3[nH]ncc3c2)n1. The van der Waals surface area contributed by atoms with Crippen LogP contribution in [-0.4, -0.2) is 26.1 Å². The molecule has 0 fully saturated rings. The van der Waals surface area contributed by atoms with Crippen molar-refractivity contribution in [2.24, 2.45) is 0 Å². The Morgan fingerprint density at radius 3 is 2.83 bits per heavy atom. The van der Waals surface area contributed by atoms with E-state index in [-0.39, 0.29) is 17.5 Å². The number of rotatable bonds is 5. The maximum Gasteiger partial charge on any atom is 0.311 e. The average molecular weight is 312 g/mol. The molecule has 0 atom stereocenters. The number of hydrogen-bond acceptors (Lipinski definition) is 6. The van der Waals surface area contributed by atoms with E-state index in [1.807, 2.05) is 32.0 Å². The number of fused-ring (bicyclic) bond motifs is 1. The summed E-state index contributed by atoms with van der Waals surface area (Å²) in [6.07, 6.45) is 1.69. The smallest absolute Gasteiger partial charge is 0.311 e. The van der Waals surface area contributed by atoms with Crippen LogP contribution < -0.4 is 10.6 Å². The van der Waals surface area contributed by atoms with Gasteiger partial charge in [0, 0.05) is 23.2 Å². The third-order valence-corrected chi connectivity index (χ3v) is 3.21. The fourth-order valence-electron chi connectivity index (χ4n) is 2.22. The number of H-pyrrole nitrogens is 1. The topological polar surface area (TPSA) is 109 Å². The minimum absolute atomic E-state index is 0.0772. The highest BCUT2D eigenvalue weighted by Crippen LogP contribution is 2.28. The Morgan fingerprint density at radius 2 is 2.09 bits per heavy atom. The zero-order valence-corrected chi connectivity index (χ0v) is 12.7. The van der Waals surface area contributed by atoms with Gasteiger partial charge in [-0.1, -0.05) is 0 Å². The van der Waals surface area contributed by atoms with E-state index in [1.165, 1.54) is 6.07 Å². The maximum atomic E-state index is 11.2. The Bertz CT molecular complexity index is 858. The van der Waals surface area contributed by atoms with Gasteiger partial charge < -0.3 is 10.6 Å². The molecule has 0 unspecified atom stereocenters. The van der Waals surface area contributed by atoms with E-state index in [0.29, 0.717) is 11.5 Å². The van der Waals surface area contributed by atoms with Crippen LogP contribution in [0.15, 0.2) is 36.5 Å². The van der Waals surface area contributed by atoms with Gasteiger partial charge in [-0.2, -0.15) is 5.10 Å². The lowest BCUT2D eigenvalue weighted by atomic mass is 10.2. The van der Waals surface area contributed by atoms with Crippen molar-refractivity contribution in [2.75, 3.05) is 10.6 Å². The van der Waals surface area contributed by atoms with E-state index in [9.17, 15) is 10.1 Å². The number of nitro groups is 1. The molecule has 0 aliphatic rings. The molecule has 0 amide bonds. The zero-order valence-electron chi connectivity index (χ0n) is 12.7.